The molecule has 1 aliphatic heterocycles. The molecule has 1 aromatic carbocycles. The van der Waals surface area contributed by atoms with Crippen molar-refractivity contribution < 1.29 is 9.84 Å². The standard InChI is InChI=1S/C15H16BrN5O2/c16-12-1-2-13(22)11(7-12)9-19-20-14-8-15(18-10-17-14)21-3-5-23-6-4-21/h1-2,7-8,10,22H,3-6,9H2. The SMILES string of the molecule is Oc1ccc(Br)cc1CN=Nc1cc(N2CCOCC2)ncn1. The molecule has 1 N–H and O–H groups in total. The number of phenols is 1. The molecule has 0 saturated carbocycles. The van der Waals surface area contributed by atoms with Crippen LogP contribution in [0.1, 0.15) is 5.56 Å². The lowest BCUT2D eigenvalue weighted by Crippen LogP contribution is -2.36. The van der Waals surface area contributed by atoms with E-state index in [9.17, 15) is 5.11 Å². The van der Waals surface area contributed by atoms with Crippen LogP contribution >= 0.6 is 15.9 Å². The van der Waals surface area contributed by atoms with Crippen molar-refractivity contribution in [3.63, 3.8) is 0 Å². The van der Waals surface area contributed by atoms with Gasteiger partial charge in [-0.15, -0.1) is 5.11 Å². The zero-order chi connectivity index (χ0) is 16.1. The van der Waals surface area contributed by atoms with Crippen molar-refractivity contribution in [1.29, 1.82) is 0 Å². The predicted octanol–water partition coefficient (Wildman–Crippen LogP) is 3.07. The number of aromatic hydroxyl groups is 1. The molecule has 0 radical (unpaired) electrons. The Kier molecular flexibility index (Phi) is 5.14. The molecule has 120 valence electrons. The number of halogens is 1. The molecule has 0 bridgehead atoms. The number of morpholine rings is 1. The smallest absolute Gasteiger partial charge is 0.179 e. The first-order chi connectivity index (χ1) is 11.2. The summed E-state index contributed by atoms with van der Waals surface area (Å²) < 4.78 is 6.22. The van der Waals surface area contributed by atoms with Gasteiger partial charge in [0.2, 0.25) is 0 Å². The van der Waals surface area contributed by atoms with Gasteiger partial charge >= 0.3 is 0 Å². The minimum absolute atomic E-state index is 0.198. The fourth-order valence-electron chi connectivity index (χ4n) is 2.22. The highest BCUT2D eigenvalue weighted by Gasteiger charge is 2.12. The van der Waals surface area contributed by atoms with Gasteiger partial charge in [-0.25, -0.2) is 9.97 Å². The topological polar surface area (TPSA) is 83.2 Å². The molecule has 23 heavy (non-hydrogen) atoms. The van der Waals surface area contributed by atoms with Crippen LogP contribution in [-0.2, 0) is 11.3 Å². The summed E-state index contributed by atoms with van der Waals surface area (Å²) >= 11 is 3.37. The Bertz CT molecular complexity index is 704. The molecule has 2 aromatic rings. The maximum absolute atomic E-state index is 9.78. The summed E-state index contributed by atoms with van der Waals surface area (Å²) in [6.45, 7) is 3.28. The second kappa shape index (κ2) is 7.47. The number of phenolic OH excluding ortho intramolecular Hbond substituents is 1. The Labute approximate surface area is 142 Å². The van der Waals surface area contributed by atoms with Crippen molar-refractivity contribution in [3.05, 3.63) is 40.6 Å². The summed E-state index contributed by atoms with van der Waals surface area (Å²) in [6, 6.07) is 7.01. The Hall–Kier alpha value is -2.06. The fourth-order valence-corrected chi connectivity index (χ4v) is 2.63. The molecule has 0 aliphatic carbocycles. The van der Waals surface area contributed by atoms with Gasteiger partial charge in [0.05, 0.1) is 19.8 Å². The fraction of sp³-hybridized carbons (Fsp3) is 0.333. The van der Waals surface area contributed by atoms with Gasteiger partial charge in [0, 0.05) is 29.2 Å². The summed E-state index contributed by atoms with van der Waals surface area (Å²) in [5.41, 5.74) is 0.700. The molecule has 7 nitrogen and oxygen atoms in total. The number of rotatable bonds is 4. The number of aromatic nitrogens is 2. The number of hydrogen-bond acceptors (Lipinski definition) is 7. The van der Waals surface area contributed by atoms with Crippen molar-refractivity contribution in [2.45, 2.75) is 6.54 Å². The third-order valence-electron chi connectivity index (χ3n) is 3.43. The molecule has 0 atom stereocenters. The van der Waals surface area contributed by atoms with Crippen LogP contribution in [0.15, 0.2) is 45.3 Å². The highest BCUT2D eigenvalue weighted by molar-refractivity contribution is 9.10. The van der Waals surface area contributed by atoms with E-state index >= 15 is 0 Å². The van der Waals surface area contributed by atoms with E-state index in [1.54, 1.807) is 18.2 Å². The van der Waals surface area contributed by atoms with Gasteiger partial charge in [-0.05, 0) is 18.2 Å². The molecule has 2 heterocycles. The van der Waals surface area contributed by atoms with Gasteiger partial charge in [-0.1, -0.05) is 15.9 Å². The van der Waals surface area contributed by atoms with Crippen LogP contribution in [0.3, 0.4) is 0 Å². The second-order valence-electron chi connectivity index (χ2n) is 5.01. The van der Waals surface area contributed by atoms with Crippen LogP contribution in [0.4, 0.5) is 11.6 Å². The van der Waals surface area contributed by atoms with E-state index < -0.39 is 0 Å². The molecular weight excluding hydrogens is 362 g/mol. The van der Waals surface area contributed by atoms with Crippen molar-refractivity contribution >= 4 is 27.6 Å². The summed E-state index contributed by atoms with van der Waals surface area (Å²) in [4.78, 5) is 10.5. The molecule has 0 spiro atoms. The first-order valence-electron chi connectivity index (χ1n) is 7.22. The zero-order valence-corrected chi connectivity index (χ0v) is 14.0. The third kappa shape index (κ3) is 4.23. The highest BCUT2D eigenvalue weighted by atomic mass is 79.9. The Morgan fingerprint density at radius 3 is 2.87 bits per heavy atom. The van der Waals surface area contributed by atoms with Crippen molar-refractivity contribution in [1.82, 2.24) is 9.97 Å². The monoisotopic (exact) mass is 377 g/mol. The number of nitrogens with zero attached hydrogens (tertiary/aromatic N) is 5. The molecule has 8 heteroatoms. The lowest BCUT2D eigenvalue weighted by molar-refractivity contribution is 0.122. The molecule has 1 fully saturated rings. The molecule has 1 aliphatic rings. The van der Waals surface area contributed by atoms with Gasteiger partial charge < -0.3 is 14.7 Å². The lowest BCUT2D eigenvalue weighted by atomic mass is 10.2. The number of benzene rings is 1. The largest absolute Gasteiger partial charge is 0.508 e. The lowest BCUT2D eigenvalue weighted by Gasteiger charge is -2.27. The first kappa shape index (κ1) is 15.8. The molecule has 0 amide bonds. The van der Waals surface area contributed by atoms with Crippen LogP contribution in [-0.4, -0.2) is 41.4 Å². The second-order valence-corrected chi connectivity index (χ2v) is 5.92. The van der Waals surface area contributed by atoms with Crippen LogP contribution in [0.25, 0.3) is 0 Å². The van der Waals surface area contributed by atoms with Crippen LogP contribution in [0.5, 0.6) is 5.75 Å². The average molecular weight is 378 g/mol. The molecular formula is C15H16BrN5O2. The minimum atomic E-state index is 0.198. The average Bonchev–Trinajstić information content (AvgIpc) is 2.59. The van der Waals surface area contributed by atoms with Gasteiger partial charge in [0.25, 0.3) is 0 Å². The highest BCUT2D eigenvalue weighted by Crippen LogP contribution is 2.23. The molecule has 1 aromatic heterocycles. The van der Waals surface area contributed by atoms with Gasteiger partial charge in [-0.3, -0.25) is 0 Å². The van der Waals surface area contributed by atoms with Crippen molar-refractivity contribution in [3.8, 4) is 5.75 Å². The summed E-state index contributed by atoms with van der Waals surface area (Å²) in [5, 5.41) is 18.0. The predicted molar refractivity (Wildman–Crippen MR) is 89.1 cm³/mol. The number of hydrogen-bond donors (Lipinski definition) is 1. The number of azo groups is 1. The van der Waals surface area contributed by atoms with E-state index in [-0.39, 0.29) is 12.3 Å². The summed E-state index contributed by atoms with van der Waals surface area (Å²) in [5.74, 6) is 1.52. The molecule has 0 unspecified atom stereocenters. The molecule has 1 saturated heterocycles. The normalized spacial score (nSPS) is 15.3. The summed E-state index contributed by atoms with van der Waals surface area (Å²) in [7, 11) is 0. The van der Waals surface area contributed by atoms with E-state index in [2.05, 4.69) is 41.0 Å². The van der Waals surface area contributed by atoms with Gasteiger partial charge in [0.1, 0.15) is 17.9 Å². The van der Waals surface area contributed by atoms with Gasteiger partial charge in [0.15, 0.2) is 5.82 Å². The Morgan fingerprint density at radius 2 is 2.04 bits per heavy atom. The first-order valence-corrected chi connectivity index (χ1v) is 8.01. The number of ether oxygens (including phenoxy) is 1. The Balaban J connectivity index is 1.68. The van der Waals surface area contributed by atoms with Crippen LogP contribution in [0, 0.1) is 0 Å². The number of anilines is 1. The van der Waals surface area contributed by atoms with Gasteiger partial charge in [-0.2, -0.15) is 5.11 Å². The van der Waals surface area contributed by atoms with Crippen molar-refractivity contribution in [2.75, 3.05) is 31.2 Å². The molecule has 3 rings (SSSR count). The van der Waals surface area contributed by atoms with Crippen LogP contribution < -0.4 is 4.90 Å². The van der Waals surface area contributed by atoms with Crippen LogP contribution in [0.2, 0.25) is 0 Å². The van der Waals surface area contributed by atoms with E-state index in [0.717, 1.165) is 23.4 Å². The maximum atomic E-state index is 9.78. The minimum Gasteiger partial charge on any atom is -0.508 e. The maximum Gasteiger partial charge on any atom is 0.179 e. The van der Waals surface area contributed by atoms with E-state index in [1.165, 1.54) is 6.33 Å². The van der Waals surface area contributed by atoms with Crippen molar-refractivity contribution in [2.24, 2.45) is 10.2 Å². The van der Waals surface area contributed by atoms with E-state index in [4.69, 9.17) is 4.74 Å². The summed E-state index contributed by atoms with van der Waals surface area (Å²) in [6.07, 6.45) is 1.48. The zero-order valence-electron chi connectivity index (χ0n) is 12.4. The van der Waals surface area contributed by atoms with E-state index in [1.807, 2.05) is 6.07 Å². The van der Waals surface area contributed by atoms with E-state index in [0.29, 0.717) is 24.6 Å². The quantitative estimate of drug-likeness (QED) is 0.827. The third-order valence-corrected chi connectivity index (χ3v) is 3.92. The Morgan fingerprint density at radius 1 is 1.22 bits per heavy atom.